The molecule has 0 atom stereocenters. The first-order valence-electron chi connectivity index (χ1n) is 7.63. The van der Waals surface area contributed by atoms with Crippen molar-refractivity contribution in [2.24, 2.45) is 0 Å². The summed E-state index contributed by atoms with van der Waals surface area (Å²) in [6.07, 6.45) is 7.48. The maximum absolute atomic E-state index is 13.4. The number of hydrogen-bond donors (Lipinski definition) is 2. The number of benzene rings is 1. The summed E-state index contributed by atoms with van der Waals surface area (Å²) >= 11 is 0. The standard InChI is InChI=1S/C16H22F2N2O.ClH/c17-12-7-8-14(15(18)11-12)16(21)20-10-9-19-13-5-3-1-2-4-6-13;/h7-8,11,13,19H,1-6,9-10H2,(H,20,21);1H. The van der Waals surface area contributed by atoms with Gasteiger partial charge in [0.1, 0.15) is 11.6 Å². The summed E-state index contributed by atoms with van der Waals surface area (Å²) in [7, 11) is 0. The Bertz CT molecular complexity index is 477. The van der Waals surface area contributed by atoms with Gasteiger partial charge in [-0.3, -0.25) is 4.79 Å². The maximum atomic E-state index is 13.4. The van der Waals surface area contributed by atoms with Crippen LogP contribution in [0.4, 0.5) is 8.78 Å². The number of amides is 1. The number of carbonyl (C=O) groups is 1. The lowest BCUT2D eigenvalue weighted by Gasteiger charge is -2.16. The fourth-order valence-electron chi connectivity index (χ4n) is 2.70. The summed E-state index contributed by atoms with van der Waals surface area (Å²) in [6, 6.07) is 3.49. The molecule has 2 rings (SSSR count). The molecule has 0 heterocycles. The second-order valence-electron chi connectivity index (χ2n) is 5.52. The van der Waals surface area contributed by atoms with Crippen molar-refractivity contribution in [1.82, 2.24) is 10.6 Å². The van der Waals surface area contributed by atoms with Gasteiger partial charge in [0.2, 0.25) is 0 Å². The van der Waals surface area contributed by atoms with E-state index < -0.39 is 17.5 Å². The van der Waals surface area contributed by atoms with Crippen LogP contribution in [0.2, 0.25) is 0 Å². The van der Waals surface area contributed by atoms with E-state index in [4.69, 9.17) is 0 Å². The molecule has 1 aromatic carbocycles. The SMILES string of the molecule is Cl.O=C(NCCNC1CCCCCC1)c1ccc(F)cc1F. The first kappa shape index (κ1) is 18.8. The van der Waals surface area contributed by atoms with Gasteiger partial charge in [-0.25, -0.2) is 8.78 Å². The maximum Gasteiger partial charge on any atom is 0.254 e. The third-order valence-corrected chi connectivity index (χ3v) is 3.87. The van der Waals surface area contributed by atoms with Crippen molar-refractivity contribution in [1.29, 1.82) is 0 Å². The van der Waals surface area contributed by atoms with E-state index in [2.05, 4.69) is 10.6 Å². The molecule has 1 saturated carbocycles. The largest absolute Gasteiger partial charge is 0.351 e. The lowest BCUT2D eigenvalue weighted by atomic mass is 10.1. The number of carbonyl (C=O) groups excluding carboxylic acids is 1. The monoisotopic (exact) mass is 332 g/mol. The van der Waals surface area contributed by atoms with Crippen molar-refractivity contribution >= 4 is 18.3 Å². The predicted molar refractivity (Wildman–Crippen MR) is 85.4 cm³/mol. The molecule has 0 saturated heterocycles. The van der Waals surface area contributed by atoms with E-state index in [9.17, 15) is 13.6 Å². The minimum atomic E-state index is -0.829. The molecule has 1 amide bonds. The molecular formula is C16H23ClF2N2O. The predicted octanol–water partition coefficient (Wildman–Crippen LogP) is 3.43. The van der Waals surface area contributed by atoms with Gasteiger partial charge in [0.05, 0.1) is 5.56 Å². The third kappa shape index (κ3) is 5.89. The van der Waals surface area contributed by atoms with E-state index in [-0.39, 0.29) is 18.0 Å². The highest BCUT2D eigenvalue weighted by molar-refractivity contribution is 5.94. The molecule has 124 valence electrons. The van der Waals surface area contributed by atoms with Crippen LogP contribution in [0, 0.1) is 11.6 Å². The molecule has 0 spiro atoms. The highest BCUT2D eigenvalue weighted by Gasteiger charge is 2.13. The summed E-state index contributed by atoms with van der Waals surface area (Å²) in [6.45, 7) is 1.10. The Morgan fingerprint density at radius 1 is 1.09 bits per heavy atom. The molecule has 0 unspecified atom stereocenters. The minimum Gasteiger partial charge on any atom is -0.351 e. The second kappa shape index (κ2) is 9.74. The molecule has 2 N–H and O–H groups in total. The normalized spacial score (nSPS) is 15.7. The molecule has 0 aliphatic heterocycles. The zero-order valence-electron chi connectivity index (χ0n) is 12.5. The Morgan fingerprint density at radius 3 is 2.41 bits per heavy atom. The van der Waals surface area contributed by atoms with Gasteiger partial charge in [-0.05, 0) is 25.0 Å². The van der Waals surface area contributed by atoms with Crippen molar-refractivity contribution in [3.05, 3.63) is 35.4 Å². The van der Waals surface area contributed by atoms with Crippen LogP contribution in [-0.4, -0.2) is 25.0 Å². The summed E-state index contributed by atoms with van der Waals surface area (Å²) < 4.78 is 26.2. The van der Waals surface area contributed by atoms with Crippen LogP contribution in [0.15, 0.2) is 18.2 Å². The summed E-state index contributed by atoms with van der Waals surface area (Å²) in [4.78, 5) is 11.8. The minimum absolute atomic E-state index is 0. The lowest BCUT2D eigenvalue weighted by Crippen LogP contribution is -2.37. The van der Waals surface area contributed by atoms with E-state index in [0.29, 0.717) is 19.1 Å². The Hall–Kier alpha value is -1.20. The van der Waals surface area contributed by atoms with Crippen LogP contribution in [0.5, 0.6) is 0 Å². The molecule has 0 radical (unpaired) electrons. The molecule has 1 aliphatic rings. The van der Waals surface area contributed by atoms with Gasteiger partial charge in [0, 0.05) is 25.2 Å². The summed E-state index contributed by atoms with van der Waals surface area (Å²) in [5.74, 6) is -2.02. The van der Waals surface area contributed by atoms with Crippen molar-refractivity contribution in [2.75, 3.05) is 13.1 Å². The molecule has 3 nitrogen and oxygen atoms in total. The first-order chi connectivity index (χ1) is 10.2. The lowest BCUT2D eigenvalue weighted by molar-refractivity contribution is 0.0949. The average molecular weight is 333 g/mol. The fourth-order valence-corrected chi connectivity index (χ4v) is 2.70. The summed E-state index contributed by atoms with van der Waals surface area (Å²) in [5.41, 5.74) is -0.120. The number of nitrogens with one attached hydrogen (secondary N) is 2. The van der Waals surface area contributed by atoms with E-state index >= 15 is 0 Å². The molecule has 22 heavy (non-hydrogen) atoms. The van der Waals surface area contributed by atoms with Gasteiger partial charge in [0.15, 0.2) is 0 Å². The van der Waals surface area contributed by atoms with E-state index in [1.54, 1.807) is 0 Å². The van der Waals surface area contributed by atoms with Gasteiger partial charge >= 0.3 is 0 Å². The Balaban J connectivity index is 0.00000242. The molecule has 0 bridgehead atoms. The molecule has 6 heteroatoms. The zero-order valence-corrected chi connectivity index (χ0v) is 13.4. The molecular weight excluding hydrogens is 310 g/mol. The number of hydrogen-bond acceptors (Lipinski definition) is 2. The van der Waals surface area contributed by atoms with Crippen molar-refractivity contribution in [3.8, 4) is 0 Å². The smallest absolute Gasteiger partial charge is 0.254 e. The third-order valence-electron chi connectivity index (χ3n) is 3.87. The Labute approximate surface area is 136 Å². The van der Waals surface area contributed by atoms with Gasteiger partial charge in [-0.1, -0.05) is 25.7 Å². The van der Waals surface area contributed by atoms with E-state index in [1.165, 1.54) is 44.6 Å². The van der Waals surface area contributed by atoms with Crippen molar-refractivity contribution in [3.63, 3.8) is 0 Å². The van der Waals surface area contributed by atoms with Crippen LogP contribution in [0.1, 0.15) is 48.9 Å². The van der Waals surface area contributed by atoms with Gasteiger partial charge in [-0.15, -0.1) is 12.4 Å². The molecule has 0 aromatic heterocycles. The Morgan fingerprint density at radius 2 is 1.77 bits per heavy atom. The number of rotatable bonds is 5. The quantitative estimate of drug-likeness (QED) is 0.640. The molecule has 1 aliphatic carbocycles. The highest BCUT2D eigenvalue weighted by Crippen LogP contribution is 2.16. The Kier molecular flexibility index (Phi) is 8.35. The van der Waals surface area contributed by atoms with Crippen molar-refractivity contribution in [2.45, 2.75) is 44.6 Å². The van der Waals surface area contributed by atoms with Crippen LogP contribution in [-0.2, 0) is 0 Å². The van der Waals surface area contributed by atoms with Gasteiger partial charge in [-0.2, -0.15) is 0 Å². The highest BCUT2D eigenvalue weighted by atomic mass is 35.5. The van der Waals surface area contributed by atoms with Crippen LogP contribution in [0.25, 0.3) is 0 Å². The molecule has 1 fully saturated rings. The number of halogens is 3. The molecule has 1 aromatic rings. The average Bonchev–Trinajstić information content (AvgIpc) is 2.72. The zero-order chi connectivity index (χ0) is 15.1. The van der Waals surface area contributed by atoms with Gasteiger partial charge < -0.3 is 10.6 Å². The second-order valence-corrected chi connectivity index (χ2v) is 5.52. The van der Waals surface area contributed by atoms with E-state index in [1.807, 2.05) is 0 Å². The van der Waals surface area contributed by atoms with Crippen molar-refractivity contribution < 1.29 is 13.6 Å². The van der Waals surface area contributed by atoms with Gasteiger partial charge in [0.25, 0.3) is 5.91 Å². The van der Waals surface area contributed by atoms with Crippen LogP contribution < -0.4 is 10.6 Å². The van der Waals surface area contributed by atoms with E-state index in [0.717, 1.165) is 12.1 Å². The van der Waals surface area contributed by atoms with Crippen LogP contribution in [0.3, 0.4) is 0 Å². The van der Waals surface area contributed by atoms with Crippen LogP contribution >= 0.6 is 12.4 Å². The first-order valence-corrected chi connectivity index (χ1v) is 7.63. The summed E-state index contributed by atoms with van der Waals surface area (Å²) in [5, 5.41) is 6.07. The fraction of sp³-hybridized carbons (Fsp3) is 0.562. The topological polar surface area (TPSA) is 41.1 Å².